The third-order valence-electron chi connectivity index (χ3n) is 5.21. The molecule has 1 aromatic carbocycles. The van der Waals surface area contributed by atoms with Crippen LogP contribution in [-0.4, -0.2) is 34.8 Å². The maximum atomic E-state index is 15.0. The van der Waals surface area contributed by atoms with E-state index in [1.54, 1.807) is 13.0 Å². The Morgan fingerprint density at radius 3 is 2.64 bits per heavy atom. The van der Waals surface area contributed by atoms with Crippen LogP contribution in [0.2, 0.25) is 0 Å². The highest BCUT2D eigenvalue weighted by atomic mass is 19.1. The summed E-state index contributed by atoms with van der Waals surface area (Å²) in [5, 5.41) is 9.50. The van der Waals surface area contributed by atoms with E-state index in [1.165, 1.54) is 6.20 Å². The van der Waals surface area contributed by atoms with Crippen molar-refractivity contribution in [1.82, 2.24) is 4.57 Å². The molecule has 0 amide bonds. The van der Waals surface area contributed by atoms with Gasteiger partial charge in [0, 0.05) is 36.9 Å². The number of hydrogen-bond acceptors (Lipinski definition) is 4. The van der Waals surface area contributed by atoms with Crippen LogP contribution in [0.25, 0.3) is 10.9 Å². The molecule has 1 aliphatic heterocycles. The number of carboxylic acid groups (broad SMARTS) is 1. The number of aromatic nitrogens is 1. The van der Waals surface area contributed by atoms with Crippen molar-refractivity contribution in [3.05, 3.63) is 39.4 Å². The number of halogens is 1. The summed E-state index contributed by atoms with van der Waals surface area (Å²) in [7, 11) is 0. The third kappa shape index (κ3) is 2.50. The van der Waals surface area contributed by atoms with Crippen molar-refractivity contribution in [1.29, 1.82) is 0 Å². The zero-order valence-electron chi connectivity index (χ0n) is 14.0. The number of rotatable bonds is 3. The number of anilines is 1. The largest absolute Gasteiger partial charge is 0.477 e. The maximum absolute atomic E-state index is 15.0. The van der Waals surface area contributed by atoms with Crippen molar-refractivity contribution in [2.24, 2.45) is 5.73 Å². The van der Waals surface area contributed by atoms with Gasteiger partial charge in [-0.15, -0.1) is 0 Å². The zero-order chi connectivity index (χ0) is 17.9. The van der Waals surface area contributed by atoms with E-state index in [9.17, 15) is 19.1 Å². The Hall–Kier alpha value is -2.41. The Bertz CT molecular complexity index is 949. The third-order valence-corrected chi connectivity index (χ3v) is 5.21. The van der Waals surface area contributed by atoms with Crippen molar-refractivity contribution in [3.8, 4) is 0 Å². The van der Waals surface area contributed by atoms with Gasteiger partial charge < -0.3 is 20.3 Å². The Labute approximate surface area is 143 Å². The fourth-order valence-corrected chi connectivity index (χ4v) is 3.69. The molecule has 6 nitrogen and oxygen atoms in total. The number of carboxylic acids is 1. The molecule has 1 atom stereocenters. The molecule has 0 spiro atoms. The van der Waals surface area contributed by atoms with E-state index < -0.39 is 17.2 Å². The van der Waals surface area contributed by atoms with Crippen LogP contribution in [0.4, 0.5) is 10.1 Å². The first kappa shape index (κ1) is 16.1. The molecular formula is C18H20FN3O3. The lowest BCUT2D eigenvalue weighted by Gasteiger charge is -2.22. The van der Waals surface area contributed by atoms with Gasteiger partial charge in [-0.3, -0.25) is 4.79 Å². The molecule has 2 aliphatic rings. The second-order valence-electron chi connectivity index (χ2n) is 7.04. The fourth-order valence-electron chi connectivity index (χ4n) is 3.69. The van der Waals surface area contributed by atoms with Crippen molar-refractivity contribution in [2.45, 2.75) is 38.3 Å². The van der Waals surface area contributed by atoms with Gasteiger partial charge >= 0.3 is 5.97 Å². The maximum Gasteiger partial charge on any atom is 0.341 e. The normalized spacial score (nSPS) is 20.4. The molecule has 2 heterocycles. The fraction of sp³-hybridized carbons (Fsp3) is 0.444. The standard InChI is InChI=1S/C18H20FN3O3/c1-9-15-13(6-14(16(9)19)21-5-4-10(20)7-21)22(11-2-3-11)8-12(17(15)23)18(24)25/h6,8,10-11H,2-5,7,20H2,1H3,(H,24,25)/t10-/m0/s1. The molecule has 132 valence electrons. The molecule has 0 unspecified atom stereocenters. The van der Waals surface area contributed by atoms with Crippen LogP contribution < -0.4 is 16.1 Å². The Balaban J connectivity index is 2.02. The molecule has 1 saturated carbocycles. The predicted octanol–water partition coefficient (Wildman–Crippen LogP) is 2.02. The summed E-state index contributed by atoms with van der Waals surface area (Å²) in [6.07, 6.45) is 4.06. The van der Waals surface area contributed by atoms with Gasteiger partial charge in [0.05, 0.1) is 16.6 Å². The first-order valence-electron chi connectivity index (χ1n) is 8.50. The van der Waals surface area contributed by atoms with Crippen LogP contribution in [-0.2, 0) is 0 Å². The van der Waals surface area contributed by atoms with E-state index in [0.29, 0.717) is 24.3 Å². The number of nitrogens with two attached hydrogens (primary N) is 1. The van der Waals surface area contributed by atoms with E-state index in [4.69, 9.17) is 5.73 Å². The van der Waals surface area contributed by atoms with Gasteiger partial charge in [0.1, 0.15) is 11.4 Å². The van der Waals surface area contributed by atoms with Gasteiger partial charge in [0.25, 0.3) is 0 Å². The smallest absolute Gasteiger partial charge is 0.341 e. The Kier molecular flexibility index (Phi) is 3.57. The van der Waals surface area contributed by atoms with E-state index in [1.807, 2.05) is 9.47 Å². The number of fused-ring (bicyclic) bond motifs is 1. The number of benzene rings is 1. The van der Waals surface area contributed by atoms with Gasteiger partial charge in [-0.1, -0.05) is 0 Å². The highest BCUT2D eigenvalue weighted by Crippen LogP contribution is 2.39. The molecule has 2 fully saturated rings. The van der Waals surface area contributed by atoms with Crippen LogP contribution in [0.3, 0.4) is 0 Å². The summed E-state index contributed by atoms with van der Waals surface area (Å²) in [4.78, 5) is 26.0. The Morgan fingerprint density at radius 2 is 2.08 bits per heavy atom. The van der Waals surface area contributed by atoms with E-state index in [0.717, 1.165) is 19.3 Å². The SMILES string of the molecule is Cc1c(F)c(N2CC[C@H](N)C2)cc2c1c(=O)c(C(=O)O)cn2C1CC1. The van der Waals surface area contributed by atoms with Crippen molar-refractivity contribution in [2.75, 3.05) is 18.0 Å². The second-order valence-corrected chi connectivity index (χ2v) is 7.04. The van der Waals surface area contributed by atoms with Crippen LogP contribution >= 0.6 is 0 Å². The molecule has 25 heavy (non-hydrogen) atoms. The average Bonchev–Trinajstić information content (AvgIpc) is 3.31. The molecule has 1 saturated heterocycles. The number of aryl methyl sites for hydroxylation is 1. The molecular weight excluding hydrogens is 325 g/mol. The molecule has 1 aliphatic carbocycles. The summed E-state index contributed by atoms with van der Waals surface area (Å²) in [6.45, 7) is 2.79. The minimum Gasteiger partial charge on any atom is -0.477 e. The van der Waals surface area contributed by atoms with Crippen molar-refractivity contribution >= 4 is 22.6 Å². The first-order valence-corrected chi connectivity index (χ1v) is 8.50. The minimum absolute atomic E-state index is 0.00964. The lowest BCUT2D eigenvalue weighted by Crippen LogP contribution is -2.27. The first-order chi connectivity index (χ1) is 11.9. The lowest BCUT2D eigenvalue weighted by atomic mass is 10.0. The van der Waals surface area contributed by atoms with Gasteiger partial charge in [-0.05, 0) is 32.3 Å². The van der Waals surface area contributed by atoms with Gasteiger partial charge in [-0.25, -0.2) is 9.18 Å². The number of aromatic carboxylic acids is 1. The summed E-state index contributed by atoms with van der Waals surface area (Å²) in [5.41, 5.74) is 6.26. The van der Waals surface area contributed by atoms with E-state index >= 15 is 0 Å². The van der Waals surface area contributed by atoms with E-state index in [2.05, 4.69) is 0 Å². The van der Waals surface area contributed by atoms with Gasteiger partial charge in [-0.2, -0.15) is 0 Å². The van der Waals surface area contributed by atoms with Crippen LogP contribution in [0.5, 0.6) is 0 Å². The number of pyridine rings is 1. The molecule has 0 radical (unpaired) electrons. The zero-order valence-corrected chi connectivity index (χ0v) is 14.0. The van der Waals surface area contributed by atoms with Crippen molar-refractivity contribution in [3.63, 3.8) is 0 Å². The average molecular weight is 345 g/mol. The van der Waals surface area contributed by atoms with Gasteiger partial charge in [0.15, 0.2) is 0 Å². The molecule has 7 heteroatoms. The molecule has 4 rings (SSSR count). The number of hydrogen-bond donors (Lipinski definition) is 2. The predicted molar refractivity (Wildman–Crippen MR) is 92.9 cm³/mol. The van der Waals surface area contributed by atoms with Crippen molar-refractivity contribution < 1.29 is 14.3 Å². The van der Waals surface area contributed by atoms with Crippen LogP contribution in [0.15, 0.2) is 17.1 Å². The minimum atomic E-state index is -1.28. The monoisotopic (exact) mass is 345 g/mol. The number of nitrogens with zero attached hydrogens (tertiary/aromatic N) is 2. The molecule has 0 bridgehead atoms. The summed E-state index contributed by atoms with van der Waals surface area (Å²) >= 11 is 0. The van der Waals surface area contributed by atoms with Crippen LogP contribution in [0, 0.1) is 12.7 Å². The molecule has 3 N–H and O–H groups in total. The van der Waals surface area contributed by atoms with Crippen LogP contribution in [0.1, 0.15) is 41.2 Å². The molecule has 1 aromatic heterocycles. The van der Waals surface area contributed by atoms with Gasteiger partial charge in [0.2, 0.25) is 5.43 Å². The highest BCUT2D eigenvalue weighted by molar-refractivity contribution is 5.95. The topological polar surface area (TPSA) is 88.6 Å². The lowest BCUT2D eigenvalue weighted by molar-refractivity contribution is 0.0695. The summed E-state index contributed by atoms with van der Waals surface area (Å²) in [5.74, 6) is -1.75. The molecule has 2 aromatic rings. The summed E-state index contributed by atoms with van der Waals surface area (Å²) in [6, 6.07) is 1.86. The van der Waals surface area contributed by atoms with E-state index in [-0.39, 0.29) is 28.6 Å². The second kappa shape index (κ2) is 5.56. The highest BCUT2D eigenvalue weighted by Gasteiger charge is 2.30. The summed E-state index contributed by atoms with van der Waals surface area (Å²) < 4.78 is 16.8. The Morgan fingerprint density at radius 1 is 1.36 bits per heavy atom. The quantitative estimate of drug-likeness (QED) is 0.888. The number of carbonyl (C=O) groups is 1.